The van der Waals surface area contributed by atoms with Crippen LogP contribution in [-0.2, 0) is 4.79 Å². The maximum Gasteiger partial charge on any atom is 0.308 e. The van der Waals surface area contributed by atoms with E-state index in [1.165, 1.54) is 6.07 Å². The molecule has 4 aromatic rings. The highest BCUT2D eigenvalue weighted by Crippen LogP contribution is 2.46. The summed E-state index contributed by atoms with van der Waals surface area (Å²) in [7, 11) is 0. The lowest BCUT2D eigenvalue weighted by molar-refractivity contribution is -0.148. The van der Waals surface area contributed by atoms with E-state index >= 15 is 0 Å². The van der Waals surface area contributed by atoms with Gasteiger partial charge in [0.2, 0.25) is 0 Å². The lowest BCUT2D eigenvalue weighted by atomic mass is 9.61. The van der Waals surface area contributed by atoms with E-state index in [-0.39, 0.29) is 29.2 Å². The van der Waals surface area contributed by atoms with Crippen LogP contribution in [0.25, 0.3) is 33.3 Å². The Morgan fingerprint density at radius 2 is 1.88 bits per heavy atom. The van der Waals surface area contributed by atoms with E-state index in [0.29, 0.717) is 27.8 Å². The normalized spacial score (nSPS) is 24.4. The average Bonchev–Trinajstić information content (AvgIpc) is 3.23. The van der Waals surface area contributed by atoms with Gasteiger partial charge in [-0.1, -0.05) is 0 Å². The van der Waals surface area contributed by atoms with Crippen LogP contribution < -0.4 is 5.32 Å². The van der Waals surface area contributed by atoms with Crippen LogP contribution in [0, 0.1) is 29.4 Å². The minimum absolute atomic E-state index is 0.148. The molecule has 0 aliphatic heterocycles. The first-order valence-electron chi connectivity index (χ1n) is 11.1. The van der Waals surface area contributed by atoms with Gasteiger partial charge in [-0.2, -0.15) is 0 Å². The molecule has 2 bridgehead atoms. The summed E-state index contributed by atoms with van der Waals surface area (Å²) in [5.74, 6) is -1.53. The molecule has 0 amide bonds. The summed E-state index contributed by atoms with van der Waals surface area (Å²) in [5.41, 5.74) is 1.03. The Labute approximate surface area is 187 Å². The molecule has 0 radical (unpaired) electrons. The second-order valence-electron chi connectivity index (χ2n) is 8.99. The van der Waals surface area contributed by atoms with E-state index < -0.39 is 23.5 Å². The van der Waals surface area contributed by atoms with Crippen LogP contribution in [0.2, 0.25) is 0 Å². The van der Waals surface area contributed by atoms with Gasteiger partial charge in [-0.05, 0) is 55.7 Å². The molecule has 33 heavy (non-hydrogen) atoms. The molecule has 0 saturated heterocycles. The zero-order valence-electron chi connectivity index (χ0n) is 17.6. The first kappa shape index (κ1) is 20.0. The van der Waals surface area contributed by atoms with Gasteiger partial charge in [0.25, 0.3) is 0 Å². The smallest absolute Gasteiger partial charge is 0.308 e. The van der Waals surface area contributed by atoms with Crippen LogP contribution in [-0.4, -0.2) is 37.1 Å². The summed E-state index contributed by atoms with van der Waals surface area (Å²) in [6.45, 7) is 0. The van der Waals surface area contributed by atoms with Gasteiger partial charge in [0, 0.05) is 35.5 Å². The number of carboxylic acid groups (broad SMARTS) is 1. The van der Waals surface area contributed by atoms with Crippen molar-refractivity contribution in [1.29, 1.82) is 0 Å². The predicted octanol–water partition coefficient (Wildman–Crippen LogP) is 4.75. The van der Waals surface area contributed by atoms with Gasteiger partial charge in [0.1, 0.15) is 17.5 Å². The van der Waals surface area contributed by atoms with Gasteiger partial charge < -0.3 is 15.4 Å². The van der Waals surface area contributed by atoms with E-state index in [9.17, 15) is 18.7 Å². The zero-order chi connectivity index (χ0) is 22.7. The summed E-state index contributed by atoms with van der Waals surface area (Å²) in [6, 6.07) is 5.42. The van der Waals surface area contributed by atoms with Crippen molar-refractivity contribution in [3.63, 3.8) is 0 Å². The lowest BCUT2D eigenvalue weighted by Crippen LogP contribution is -2.51. The molecule has 1 aromatic carbocycles. The topological polar surface area (TPSA) is 104 Å². The van der Waals surface area contributed by atoms with Crippen LogP contribution in [0.4, 0.5) is 14.6 Å². The lowest BCUT2D eigenvalue weighted by Gasteiger charge is -2.47. The molecular formula is C24H21F2N5O2. The van der Waals surface area contributed by atoms with Gasteiger partial charge in [-0.15, -0.1) is 0 Å². The number of benzene rings is 1. The second kappa shape index (κ2) is 7.47. The Kier molecular flexibility index (Phi) is 4.53. The molecule has 7 rings (SSSR count). The zero-order valence-corrected chi connectivity index (χ0v) is 17.6. The Hall–Kier alpha value is -3.62. The number of carbonyl (C=O) groups is 1. The van der Waals surface area contributed by atoms with Gasteiger partial charge in [-0.3, -0.25) is 4.79 Å². The number of aromatic nitrogens is 4. The number of hydrogen-bond donors (Lipinski definition) is 3. The molecule has 9 heteroatoms. The Morgan fingerprint density at radius 3 is 2.67 bits per heavy atom. The number of anilines is 1. The fraction of sp³-hybridized carbons (Fsp3) is 0.333. The average molecular weight is 449 g/mol. The third kappa shape index (κ3) is 3.21. The molecule has 3 aliphatic carbocycles. The summed E-state index contributed by atoms with van der Waals surface area (Å²) >= 11 is 0. The van der Waals surface area contributed by atoms with Gasteiger partial charge in [-0.25, -0.2) is 23.7 Å². The second-order valence-corrected chi connectivity index (χ2v) is 8.99. The Morgan fingerprint density at radius 1 is 1.09 bits per heavy atom. The summed E-state index contributed by atoms with van der Waals surface area (Å²) in [6.07, 6.45) is 7.00. The molecule has 3 fully saturated rings. The number of halogens is 2. The molecule has 168 valence electrons. The van der Waals surface area contributed by atoms with Crippen molar-refractivity contribution in [3.05, 3.63) is 48.3 Å². The highest BCUT2D eigenvalue weighted by atomic mass is 19.1. The molecule has 1 unspecified atom stereocenters. The maximum absolute atomic E-state index is 14.2. The number of rotatable bonds is 4. The molecule has 3 N–H and O–H groups in total. The minimum atomic E-state index is -0.791. The van der Waals surface area contributed by atoms with E-state index in [1.54, 1.807) is 18.5 Å². The first-order valence-corrected chi connectivity index (χ1v) is 11.1. The standard InChI is InChI=1S/C24H21F2N5O2/c25-13-8-15-16(10-28-20(15)17(26)9-13)23-30-21-14(2-1-7-27-21)22(31-23)29-19-12-5-3-11(4-6-12)18(19)24(32)33/h1-2,7-12,18-19,28H,3-6H2,(H,32,33)(H,27,29,30,31)/t11?,12?,18-,19?/m1/s1. The highest BCUT2D eigenvalue weighted by molar-refractivity contribution is 5.96. The van der Waals surface area contributed by atoms with Gasteiger partial charge in [0.15, 0.2) is 11.5 Å². The Balaban J connectivity index is 1.49. The number of carboxylic acids is 1. The molecule has 0 spiro atoms. The highest BCUT2D eigenvalue weighted by Gasteiger charge is 2.47. The number of nitrogens with zero attached hydrogens (tertiary/aromatic N) is 3. The van der Waals surface area contributed by atoms with Crippen LogP contribution in [0.5, 0.6) is 0 Å². The third-order valence-corrected chi connectivity index (χ3v) is 7.23. The van der Waals surface area contributed by atoms with E-state index in [2.05, 4.69) is 20.3 Å². The van der Waals surface area contributed by atoms with Crippen LogP contribution in [0.15, 0.2) is 36.7 Å². The molecule has 3 aromatic heterocycles. The predicted molar refractivity (Wildman–Crippen MR) is 119 cm³/mol. The fourth-order valence-corrected chi connectivity index (χ4v) is 5.70. The van der Waals surface area contributed by atoms with Crippen LogP contribution >= 0.6 is 0 Å². The fourth-order valence-electron chi connectivity index (χ4n) is 5.70. The van der Waals surface area contributed by atoms with Crippen molar-refractivity contribution in [2.45, 2.75) is 31.7 Å². The van der Waals surface area contributed by atoms with Crippen LogP contribution in [0.1, 0.15) is 25.7 Å². The number of aliphatic carboxylic acids is 1. The Bertz CT molecular complexity index is 1400. The van der Waals surface area contributed by atoms with Crippen molar-refractivity contribution in [2.75, 3.05) is 5.32 Å². The maximum atomic E-state index is 14.2. The first-order chi connectivity index (χ1) is 16.0. The SMILES string of the molecule is O=C(O)[C@@H]1C2CCC(CC2)C1Nc1nc(-c2c[nH]c3c(F)cc(F)cc23)nc2ncccc12. The molecule has 3 saturated carbocycles. The van der Waals surface area contributed by atoms with Crippen molar-refractivity contribution >= 4 is 33.7 Å². The van der Waals surface area contributed by atoms with Crippen molar-refractivity contribution in [2.24, 2.45) is 17.8 Å². The molecule has 2 atom stereocenters. The molecular weight excluding hydrogens is 428 g/mol. The van der Waals surface area contributed by atoms with E-state index in [1.807, 2.05) is 6.07 Å². The molecule has 7 nitrogen and oxygen atoms in total. The minimum Gasteiger partial charge on any atom is -0.481 e. The van der Waals surface area contributed by atoms with Crippen molar-refractivity contribution in [1.82, 2.24) is 19.9 Å². The van der Waals surface area contributed by atoms with Crippen molar-refractivity contribution in [3.8, 4) is 11.4 Å². The summed E-state index contributed by atoms with van der Waals surface area (Å²) in [5, 5.41) is 14.4. The van der Waals surface area contributed by atoms with Crippen LogP contribution in [0.3, 0.4) is 0 Å². The number of aromatic amines is 1. The van der Waals surface area contributed by atoms with Gasteiger partial charge in [0.05, 0.1) is 16.8 Å². The number of nitrogens with one attached hydrogen (secondary N) is 2. The monoisotopic (exact) mass is 449 g/mol. The summed E-state index contributed by atoms with van der Waals surface area (Å²) in [4.78, 5) is 28.5. The van der Waals surface area contributed by atoms with Crippen molar-refractivity contribution < 1.29 is 18.7 Å². The number of fused-ring (bicyclic) bond motifs is 5. The third-order valence-electron chi connectivity index (χ3n) is 7.23. The quantitative estimate of drug-likeness (QED) is 0.415. The number of hydrogen-bond acceptors (Lipinski definition) is 5. The van der Waals surface area contributed by atoms with E-state index in [0.717, 1.165) is 31.7 Å². The van der Waals surface area contributed by atoms with E-state index in [4.69, 9.17) is 4.98 Å². The number of pyridine rings is 1. The summed E-state index contributed by atoms with van der Waals surface area (Å²) < 4.78 is 28.2. The molecule has 3 aliphatic rings. The molecule has 3 heterocycles. The van der Waals surface area contributed by atoms with Gasteiger partial charge >= 0.3 is 5.97 Å². The largest absolute Gasteiger partial charge is 0.481 e. The number of H-pyrrole nitrogens is 1.